The van der Waals surface area contributed by atoms with E-state index in [0.29, 0.717) is 4.24 Å². The molecule has 1 amide bonds. The van der Waals surface area contributed by atoms with Crippen molar-refractivity contribution in [2.24, 2.45) is 0 Å². The Morgan fingerprint density at radius 2 is 2.41 bits per heavy atom. The van der Waals surface area contributed by atoms with Gasteiger partial charge in [0.2, 0.25) is 0 Å². The van der Waals surface area contributed by atoms with Gasteiger partial charge in [-0.1, -0.05) is 18.7 Å². The smallest absolute Gasteiger partial charge is 0.354 e. The lowest BCUT2D eigenvalue weighted by molar-refractivity contribution is -0.161. The van der Waals surface area contributed by atoms with Crippen LogP contribution in [-0.4, -0.2) is 58.6 Å². The van der Waals surface area contributed by atoms with Crippen molar-refractivity contribution in [1.82, 2.24) is 10.2 Å². The third-order valence-electron chi connectivity index (χ3n) is 3.45. The van der Waals surface area contributed by atoms with Crippen LogP contribution >= 0.6 is 23.5 Å². The molecule has 0 bridgehead atoms. The lowest BCUT2D eigenvalue weighted by atomic mass is 10.1. The SMILES string of the molecule is COC1C(=O)N2C(C(=O)O)=C(SC(C)CCCNC=N)S[C@H]12. The molecular weight excluding hydrogens is 326 g/mol. The monoisotopic (exact) mass is 345 g/mol. The van der Waals surface area contributed by atoms with Crippen molar-refractivity contribution in [2.45, 2.75) is 36.5 Å². The van der Waals surface area contributed by atoms with Crippen molar-refractivity contribution in [1.29, 1.82) is 5.41 Å². The maximum atomic E-state index is 11.9. The van der Waals surface area contributed by atoms with E-state index in [9.17, 15) is 14.7 Å². The number of hydrogen-bond donors (Lipinski definition) is 3. The lowest BCUT2D eigenvalue weighted by Crippen LogP contribution is -2.61. The Bertz CT molecular complexity index is 512. The Morgan fingerprint density at radius 3 is 3.00 bits per heavy atom. The van der Waals surface area contributed by atoms with Gasteiger partial charge in [-0.3, -0.25) is 15.1 Å². The number of ether oxygens (including phenoxy) is 1. The maximum Gasteiger partial charge on any atom is 0.354 e. The van der Waals surface area contributed by atoms with Gasteiger partial charge < -0.3 is 15.2 Å². The first-order chi connectivity index (χ1) is 10.5. The Hall–Kier alpha value is -1.19. The first-order valence-electron chi connectivity index (χ1n) is 6.90. The second-order valence-corrected chi connectivity index (χ2v) is 7.82. The average molecular weight is 345 g/mol. The normalized spacial score (nSPS) is 24.8. The van der Waals surface area contributed by atoms with Crippen molar-refractivity contribution >= 4 is 41.7 Å². The van der Waals surface area contributed by atoms with Crippen molar-refractivity contribution in [3.63, 3.8) is 0 Å². The second-order valence-electron chi connectivity index (χ2n) is 4.98. The number of carbonyl (C=O) groups excluding carboxylic acids is 1. The number of thioether (sulfide) groups is 2. The highest BCUT2D eigenvalue weighted by molar-refractivity contribution is 8.23. The van der Waals surface area contributed by atoms with E-state index in [2.05, 4.69) is 5.32 Å². The van der Waals surface area contributed by atoms with Crippen LogP contribution in [0.3, 0.4) is 0 Å². The Kier molecular flexibility index (Phi) is 5.76. The van der Waals surface area contributed by atoms with Gasteiger partial charge in [0.25, 0.3) is 5.91 Å². The molecule has 2 heterocycles. The Balaban J connectivity index is 1.98. The number of hydrogen-bond acceptors (Lipinski definition) is 6. The largest absolute Gasteiger partial charge is 0.477 e. The molecule has 1 fully saturated rings. The van der Waals surface area contributed by atoms with Crippen LogP contribution in [0.4, 0.5) is 0 Å². The summed E-state index contributed by atoms with van der Waals surface area (Å²) in [4.78, 5) is 24.7. The molecule has 0 aromatic rings. The quantitative estimate of drug-likeness (QED) is 0.250. The number of carbonyl (C=O) groups is 2. The summed E-state index contributed by atoms with van der Waals surface area (Å²) in [7, 11) is 1.46. The average Bonchev–Trinajstić information content (AvgIpc) is 2.79. The molecule has 0 spiro atoms. The van der Waals surface area contributed by atoms with E-state index in [4.69, 9.17) is 10.1 Å². The zero-order valence-electron chi connectivity index (χ0n) is 12.4. The molecule has 2 unspecified atom stereocenters. The molecule has 2 rings (SSSR count). The van der Waals surface area contributed by atoms with Gasteiger partial charge in [-0.05, 0) is 12.8 Å². The van der Waals surface area contributed by atoms with Gasteiger partial charge in [-0.25, -0.2) is 4.79 Å². The minimum Gasteiger partial charge on any atom is -0.477 e. The molecule has 9 heteroatoms. The van der Waals surface area contributed by atoms with Crippen molar-refractivity contribution in [3.05, 3.63) is 9.93 Å². The topological polar surface area (TPSA) is 103 Å². The standard InChI is InChI=1S/C13H19N3O4S2/c1-7(4-3-5-15-6-14)21-13-8(12(18)19)16-10(17)9(20-2)11(16)22-13/h6-7,9,11H,3-5H2,1-2H3,(H2,14,15)(H,18,19)/t7?,9?,11-/m1/s1. The molecule has 3 atom stereocenters. The summed E-state index contributed by atoms with van der Waals surface area (Å²) < 4.78 is 5.79. The minimum absolute atomic E-state index is 0.0859. The number of amides is 1. The van der Waals surface area contributed by atoms with Crippen LogP contribution in [0.15, 0.2) is 9.93 Å². The fourth-order valence-corrected chi connectivity index (χ4v) is 5.49. The van der Waals surface area contributed by atoms with Gasteiger partial charge in [0.1, 0.15) is 5.37 Å². The van der Waals surface area contributed by atoms with Gasteiger partial charge in [0.05, 0.1) is 10.6 Å². The predicted molar refractivity (Wildman–Crippen MR) is 86.8 cm³/mol. The fraction of sp³-hybridized carbons (Fsp3) is 0.615. The zero-order valence-corrected chi connectivity index (χ0v) is 14.0. The third-order valence-corrected chi connectivity index (χ3v) is 6.18. The summed E-state index contributed by atoms with van der Waals surface area (Å²) in [6.07, 6.45) is 2.41. The van der Waals surface area contributed by atoms with E-state index < -0.39 is 12.1 Å². The van der Waals surface area contributed by atoms with Crippen LogP contribution in [0.25, 0.3) is 0 Å². The number of aliphatic carboxylic acids is 1. The lowest BCUT2D eigenvalue weighted by Gasteiger charge is -2.40. The van der Waals surface area contributed by atoms with Crippen molar-refractivity contribution in [2.75, 3.05) is 13.7 Å². The number of rotatable bonds is 9. The van der Waals surface area contributed by atoms with Crippen LogP contribution in [0.1, 0.15) is 19.8 Å². The first-order valence-corrected chi connectivity index (χ1v) is 8.66. The molecule has 2 aliphatic rings. The molecular formula is C13H19N3O4S2. The molecule has 122 valence electrons. The van der Waals surface area contributed by atoms with Gasteiger partial charge in [0.15, 0.2) is 11.8 Å². The van der Waals surface area contributed by atoms with Crippen LogP contribution in [-0.2, 0) is 14.3 Å². The summed E-state index contributed by atoms with van der Waals surface area (Å²) in [5.74, 6) is -1.35. The van der Waals surface area contributed by atoms with E-state index in [1.807, 2.05) is 6.92 Å². The highest BCUT2D eigenvalue weighted by atomic mass is 32.2. The molecule has 1 saturated heterocycles. The van der Waals surface area contributed by atoms with E-state index in [-0.39, 0.29) is 22.2 Å². The summed E-state index contributed by atoms with van der Waals surface area (Å²) in [5.41, 5.74) is 0.0859. The van der Waals surface area contributed by atoms with Crippen LogP contribution in [0.2, 0.25) is 0 Å². The Labute approximate surface area is 137 Å². The number of β-lactam (4-membered cyclic amide) rings is 1. The molecule has 2 aliphatic heterocycles. The molecule has 0 radical (unpaired) electrons. The number of carboxylic acids is 1. The first kappa shape index (κ1) is 17.2. The summed E-state index contributed by atoms with van der Waals surface area (Å²) >= 11 is 2.89. The van der Waals surface area contributed by atoms with E-state index in [0.717, 1.165) is 25.7 Å². The molecule has 7 nitrogen and oxygen atoms in total. The zero-order chi connectivity index (χ0) is 16.3. The van der Waals surface area contributed by atoms with E-state index >= 15 is 0 Å². The van der Waals surface area contributed by atoms with Crippen molar-refractivity contribution in [3.8, 4) is 0 Å². The van der Waals surface area contributed by atoms with Gasteiger partial charge >= 0.3 is 5.97 Å². The summed E-state index contributed by atoms with van der Waals surface area (Å²) in [6.45, 7) is 2.76. The highest BCUT2D eigenvalue weighted by Crippen LogP contribution is 2.52. The van der Waals surface area contributed by atoms with Crippen LogP contribution in [0.5, 0.6) is 0 Å². The number of nitrogens with zero attached hydrogens (tertiary/aromatic N) is 1. The number of methoxy groups -OCH3 is 1. The summed E-state index contributed by atoms with van der Waals surface area (Å²) in [5, 5.41) is 19.1. The molecule has 3 N–H and O–H groups in total. The number of carboxylic acid groups (broad SMARTS) is 1. The van der Waals surface area contributed by atoms with Gasteiger partial charge in [0, 0.05) is 18.9 Å². The molecule has 0 aliphatic carbocycles. The van der Waals surface area contributed by atoms with E-state index in [1.54, 1.807) is 0 Å². The third kappa shape index (κ3) is 3.26. The van der Waals surface area contributed by atoms with E-state index in [1.165, 1.54) is 35.5 Å². The van der Waals surface area contributed by atoms with Crippen molar-refractivity contribution < 1.29 is 19.4 Å². The second kappa shape index (κ2) is 7.38. The van der Waals surface area contributed by atoms with Crippen LogP contribution < -0.4 is 5.32 Å². The fourth-order valence-electron chi connectivity index (χ4n) is 2.35. The minimum atomic E-state index is -1.07. The van der Waals surface area contributed by atoms with Gasteiger partial charge in [-0.2, -0.15) is 0 Å². The highest BCUT2D eigenvalue weighted by Gasteiger charge is 2.56. The summed E-state index contributed by atoms with van der Waals surface area (Å²) in [6, 6.07) is 0. The molecule has 0 aromatic heterocycles. The molecule has 0 aromatic carbocycles. The Morgan fingerprint density at radius 1 is 1.68 bits per heavy atom. The maximum absolute atomic E-state index is 11.9. The number of fused-ring (bicyclic) bond motifs is 1. The van der Waals surface area contributed by atoms with Crippen LogP contribution in [0, 0.1) is 5.41 Å². The van der Waals surface area contributed by atoms with Gasteiger partial charge in [-0.15, -0.1) is 11.8 Å². The predicted octanol–water partition coefficient (Wildman–Crippen LogP) is 1.27. The number of nitrogens with one attached hydrogen (secondary N) is 2. The molecule has 0 saturated carbocycles. The molecule has 22 heavy (non-hydrogen) atoms.